The molecule has 2 N–H and O–H groups in total. The van der Waals surface area contributed by atoms with Crippen LogP contribution in [-0.2, 0) is 19.0 Å². The van der Waals surface area contributed by atoms with E-state index in [4.69, 9.17) is 5.73 Å². The van der Waals surface area contributed by atoms with Gasteiger partial charge in [-0.25, -0.2) is 4.98 Å². The second-order valence-corrected chi connectivity index (χ2v) is 5.71. The number of imidazole rings is 1. The molecule has 2 aromatic rings. The standard InChI is InChI=1S/C14H18BrN3/c1-14(16,11-5-3-4-6-12(11)15)8-7-13-17-9-10-18(13)2/h3-6,9-10H,7-8,16H2,1-2H3. The molecule has 0 spiro atoms. The van der Waals surface area contributed by atoms with Crippen molar-refractivity contribution >= 4 is 15.9 Å². The van der Waals surface area contributed by atoms with E-state index in [-0.39, 0.29) is 5.54 Å². The van der Waals surface area contributed by atoms with Crippen LogP contribution in [0.5, 0.6) is 0 Å². The molecule has 2 rings (SSSR count). The molecule has 0 saturated heterocycles. The molecule has 0 aliphatic carbocycles. The van der Waals surface area contributed by atoms with Crippen LogP contribution in [0, 0.1) is 0 Å². The number of hydrogen-bond donors (Lipinski definition) is 1. The molecule has 3 nitrogen and oxygen atoms in total. The molecule has 0 radical (unpaired) electrons. The van der Waals surface area contributed by atoms with Gasteiger partial charge < -0.3 is 10.3 Å². The van der Waals surface area contributed by atoms with E-state index in [1.807, 2.05) is 42.2 Å². The fourth-order valence-corrected chi connectivity index (χ4v) is 2.81. The molecular formula is C14H18BrN3. The van der Waals surface area contributed by atoms with E-state index in [1.54, 1.807) is 0 Å². The van der Waals surface area contributed by atoms with Gasteiger partial charge >= 0.3 is 0 Å². The monoisotopic (exact) mass is 307 g/mol. The lowest BCUT2D eigenvalue weighted by molar-refractivity contribution is 0.443. The van der Waals surface area contributed by atoms with Gasteiger partial charge in [0, 0.05) is 35.9 Å². The first-order chi connectivity index (χ1) is 8.50. The predicted molar refractivity (Wildman–Crippen MR) is 77.2 cm³/mol. The van der Waals surface area contributed by atoms with Crippen molar-refractivity contribution in [2.45, 2.75) is 25.3 Å². The van der Waals surface area contributed by atoms with E-state index >= 15 is 0 Å². The fourth-order valence-electron chi connectivity index (χ4n) is 2.07. The summed E-state index contributed by atoms with van der Waals surface area (Å²) in [7, 11) is 2.01. The smallest absolute Gasteiger partial charge is 0.108 e. The Kier molecular flexibility index (Phi) is 3.88. The van der Waals surface area contributed by atoms with Crippen molar-refractivity contribution in [2.24, 2.45) is 12.8 Å². The predicted octanol–water partition coefficient (Wildman–Crippen LogP) is 2.99. The molecule has 0 bridgehead atoms. The van der Waals surface area contributed by atoms with Crippen LogP contribution < -0.4 is 5.73 Å². The van der Waals surface area contributed by atoms with Crippen molar-refractivity contribution in [3.8, 4) is 0 Å². The summed E-state index contributed by atoms with van der Waals surface area (Å²) in [6, 6.07) is 8.12. The molecule has 0 saturated carbocycles. The summed E-state index contributed by atoms with van der Waals surface area (Å²) in [5, 5.41) is 0. The second kappa shape index (κ2) is 5.24. The topological polar surface area (TPSA) is 43.8 Å². The first kappa shape index (κ1) is 13.3. The first-order valence-electron chi connectivity index (χ1n) is 6.01. The maximum atomic E-state index is 6.44. The van der Waals surface area contributed by atoms with Crippen molar-refractivity contribution < 1.29 is 0 Å². The lowest BCUT2D eigenvalue weighted by Crippen LogP contribution is -2.34. The summed E-state index contributed by atoms with van der Waals surface area (Å²) in [6.45, 7) is 2.07. The number of aryl methyl sites for hydroxylation is 2. The van der Waals surface area contributed by atoms with Crippen LogP contribution >= 0.6 is 15.9 Å². The Labute approximate surface area is 116 Å². The number of rotatable bonds is 4. The van der Waals surface area contributed by atoms with Gasteiger partial charge in [-0.2, -0.15) is 0 Å². The number of halogens is 1. The first-order valence-corrected chi connectivity index (χ1v) is 6.80. The van der Waals surface area contributed by atoms with Gasteiger partial charge in [0.05, 0.1) is 0 Å². The molecule has 18 heavy (non-hydrogen) atoms. The average Bonchev–Trinajstić information content (AvgIpc) is 2.73. The number of nitrogens with two attached hydrogens (primary N) is 1. The van der Waals surface area contributed by atoms with Gasteiger partial charge in [0.25, 0.3) is 0 Å². The maximum Gasteiger partial charge on any atom is 0.108 e. The minimum Gasteiger partial charge on any atom is -0.338 e. The SMILES string of the molecule is Cn1ccnc1CCC(C)(N)c1ccccc1Br. The Morgan fingerprint density at radius 3 is 2.72 bits per heavy atom. The lowest BCUT2D eigenvalue weighted by Gasteiger charge is -2.26. The van der Waals surface area contributed by atoms with Gasteiger partial charge in [0.1, 0.15) is 5.82 Å². The van der Waals surface area contributed by atoms with Crippen LogP contribution in [0.1, 0.15) is 24.7 Å². The number of nitrogens with zero attached hydrogens (tertiary/aromatic N) is 2. The van der Waals surface area contributed by atoms with Crippen LogP contribution in [-0.4, -0.2) is 9.55 Å². The van der Waals surface area contributed by atoms with Crippen LogP contribution in [0.15, 0.2) is 41.1 Å². The van der Waals surface area contributed by atoms with E-state index < -0.39 is 0 Å². The zero-order valence-corrected chi connectivity index (χ0v) is 12.3. The number of benzene rings is 1. The van der Waals surface area contributed by atoms with E-state index in [1.165, 1.54) is 0 Å². The fraction of sp³-hybridized carbons (Fsp3) is 0.357. The Balaban J connectivity index is 2.13. The van der Waals surface area contributed by atoms with Gasteiger partial charge in [-0.15, -0.1) is 0 Å². The molecule has 1 aromatic heterocycles. The van der Waals surface area contributed by atoms with Crippen molar-refractivity contribution in [2.75, 3.05) is 0 Å². The van der Waals surface area contributed by atoms with Crippen molar-refractivity contribution in [1.82, 2.24) is 9.55 Å². The van der Waals surface area contributed by atoms with Crippen molar-refractivity contribution in [1.29, 1.82) is 0 Å². The highest BCUT2D eigenvalue weighted by molar-refractivity contribution is 9.10. The zero-order valence-electron chi connectivity index (χ0n) is 10.7. The van der Waals surface area contributed by atoms with Crippen LogP contribution in [0.2, 0.25) is 0 Å². The van der Waals surface area contributed by atoms with E-state index in [0.29, 0.717) is 0 Å². The van der Waals surface area contributed by atoms with E-state index in [2.05, 4.69) is 33.9 Å². The van der Waals surface area contributed by atoms with Gasteiger partial charge in [-0.1, -0.05) is 34.1 Å². The summed E-state index contributed by atoms with van der Waals surface area (Å²) in [5.41, 5.74) is 7.22. The van der Waals surface area contributed by atoms with E-state index in [0.717, 1.165) is 28.7 Å². The molecule has 0 fully saturated rings. The third kappa shape index (κ3) is 2.82. The largest absolute Gasteiger partial charge is 0.338 e. The number of aromatic nitrogens is 2. The highest BCUT2D eigenvalue weighted by atomic mass is 79.9. The van der Waals surface area contributed by atoms with Crippen molar-refractivity contribution in [3.05, 3.63) is 52.5 Å². The molecule has 1 aromatic carbocycles. The molecule has 0 aliphatic rings. The zero-order chi connectivity index (χ0) is 13.2. The summed E-state index contributed by atoms with van der Waals surface area (Å²) in [5.74, 6) is 1.07. The van der Waals surface area contributed by atoms with Crippen LogP contribution in [0.3, 0.4) is 0 Å². The van der Waals surface area contributed by atoms with E-state index in [9.17, 15) is 0 Å². The van der Waals surface area contributed by atoms with Gasteiger partial charge in [0.15, 0.2) is 0 Å². The molecule has 1 heterocycles. The maximum absolute atomic E-state index is 6.44. The summed E-state index contributed by atoms with van der Waals surface area (Å²) >= 11 is 3.56. The Hall–Kier alpha value is -1.13. The molecule has 0 aliphatic heterocycles. The van der Waals surface area contributed by atoms with Crippen LogP contribution in [0.4, 0.5) is 0 Å². The Bertz CT molecular complexity index is 531. The van der Waals surface area contributed by atoms with Crippen LogP contribution in [0.25, 0.3) is 0 Å². The molecule has 1 atom stereocenters. The lowest BCUT2D eigenvalue weighted by atomic mass is 9.88. The highest BCUT2D eigenvalue weighted by Gasteiger charge is 2.23. The minimum absolute atomic E-state index is 0.355. The summed E-state index contributed by atoms with van der Waals surface area (Å²) in [4.78, 5) is 4.33. The molecule has 4 heteroatoms. The Morgan fingerprint density at radius 2 is 2.11 bits per heavy atom. The summed E-state index contributed by atoms with van der Waals surface area (Å²) < 4.78 is 3.10. The molecule has 1 unspecified atom stereocenters. The third-order valence-electron chi connectivity index (χ3n) is 3.28. The summed E-state index contributed by atoms with van der Waals surface area (Å²) in [6.07, 6.45) is 5.52. The third-order valence-corrected chi connectivity index (χ3v) is 3.97. The molecule has 96 valence electrons. The van der Waals surface area contributed by atoms with Gasteiger partial charge in [-0.05, 0) is 25.0 Å². The second-order valence-electron chi connectivity index (χ2n) is 4.85. The van der Waals surface area contributed by atoms with Crippen molar-refractivity contribution in [3.63, 3.8) is 0 Å². The van der Waals surface area contributed by atoms with Gasteiger partial charge in [-0.3, -0.25) is 0 Å². The highest BCUT2D eigenvalue weighted by Crippen LogP contribution is 2.29. The normalized spacial score (nSPS) is 14.4. The minimum atomic E-state index is -0.355. The number of hydrogen-bond acceptors (Lipinski definition) is 2. The quantitative estimate of drug-likeness (QED) is 0.943. The van der Waals surface area contributed by atoms with Gasteiger partial charge in [0.2, 0.25) is 0 Å². The average molecular weight is 308 g/mol. The molecule has 0 amide bonds. The molecular weight excluding hydrogens is 290 g/mol. The Morgan fingerprint density at radius 1 is 1.39 bits per heavy atom.